The van der Waals surface area contributed by atoms with Crippen molar-refractivity contribution in [2.24, 2.45) is 5.92 Å². The van der Waals surface area contributed by atoms with Crippen LogP contribution in [0.1, 0.15) is 48.5 Å². The summed E-state index contributed by atoms with van der Waals surface area (Å²) in [5.74, 6) is 0.477. The molecule has 2 fully saturated rings. The monoisotopic (exact) mass is 357 g/mol. The molecule has 1 aliphatic carbocycles. The summed E-state index contributed by atoms with van der Waals surface area (Å²) in [5.41, 5.74) is 3.61. The van der Waals surface area contributed by atoms with Gasteiger partial charge < -0.3 is 18.8 Å². The maximum atomic E-state index is 12.6. The summed E-state index contributed by atoms with van der Waals surface area (Å²) in [6, 6.07) is 4.44. The molecular weight excluding hydrogens is 330 g/mol. The second kappa shape index (κ2) is 7.31. The van der Waals surface area contributed by atoms with Gasteiger partial charge in [-0.05, 0) is 49.7 Å². The van der Waals surface area contributed by atoms with E-state index in [-0.39, 0.29) is 5.97 Å². The highest BCUT2D eigenvalue weighted by Crippen LogP contribution is 2.39. The molecule has 5 heteroatoms. The Morgan fingerprint density at radius 2 is 2.04 bits per heavy atom. The van der Waals surface area contributed by atoms with E-state index in [0.717, 1.165) is 67.2 Å². The Morgan fingerprint density at radius 1 is 1.27 bits per heavy atom. The van der Waals surface area contributed by atoms with E-state index < -0.39 is 0 Å². The highest BCUT2D eigenvalue weighted by atomic mass is 16.5. The van der Waals surface area contributed by atoms with Crippen LogP contribution in [0.25, 0.3) is 11.0 Å². The Hall–Kier alpha value is -2.01. The van der Waals surface area contributed by atoms with Gasteiger partial charge in [0.05, 0.1) is 18.9 Å². The van der Waals surface area contributed by atoms with Crippen LogP contribution in [0.5, 0.6) is 0 Å². The van der Waals surface area contributed by atoms with E-state index in [4.69, 9.17) is 13.9 Å². The summed E-state index contributed by atoms with van der Waals surface area (Å²) in [6.45, 7) is 4.77. The normalized spacial score (nSPS) is 18.2. The van der Waals surface area contributed by atoms with Crippen LogP contribution in [-0.2, 0) is 15.9 Å². The molecule has 5 nitrogen and oxygen atoms in total. The molecule has 26 heavy (non-hydrogen) atoms. The van der Waals surface area contributed by atoms with Gasteiger partial charge in [0.1, 0.15) is 5.58 Å². The average molecular weight is 357 g/mol. The third-order valence-corrected chi connectivity index (χ3v) is 5.68. The van der Waals surface area contributed by atoms with Crippen LogP contribution in [0, 0.1) is 5.92 Å². The maximum Gasteiger partial charge on any atom is 0.338 e. The Morgan fingerprint density at radius 3 is 2.69 bits per heavy atom. The minimum absolute atomic E-state index is 0.284. The van der Waals surface area contributed by atoms with Crippen molar-refractivity contribution in [3.05, 3.63) is 29.5 Å². The zero-order valence-corrected chi connectivity index (χ0v) is 15.6. The molecule has 0 bridgehead atoms. The number of benzene rings is 1. The number of hydrogen-bond acceptors (Lipinski definition) is 5. The minimum Gasteiger partial charge on any atom is -0.465 e. The number of hydrogen-bond donors (Lipinski definition) is 0. The summed E-state index contributed by atoms with van der Waals surface area (Å²) in [6.07, 6.45) is 7.09. The van der Waals surface area contributed by atoms with Crippen LogP contribution in [-0.4, -0.2) is 38.9 Å². The van der Waals surface area contributed by atoms with E-state index in [9.17, 15) is 4.79 Å². The molecule has 140 valence electrons. The molecular formula is C21H27NO4. The lowest BCUT2D eigenvalue weighted by atomic mass is 9.96. The van der Waals surface area contributed by atoms with Crippen molar-refractivity contribution in [2.45, 2.75) is 45.1 Å². The summed E-state index contributed by atoms with van der Waals surface area (Å²) >= 11 is 0. The van der Waals surface area contributed by atoms with Gasteiger partial charge in [0.15, 0.2) is 0 Å². The van der Waals surface area contributed by atoms with Crippen LogP contribution in [0.3, 0.4) is 0 Å². The van der Waals surface area contributed by atoms with Crippen LogP contribution < -0.4 is 4.90 Å². The van der Waals surface area contributed by atoms with Gasteiger partial charge in [0.25, 0.3) is 0 Å². The second-order valence-corrected chi connectivity index (χ2v) is 7.37. The molecule has 0 unspecified atom stereocenters. The number of carbonyl (C=O) groups excluding carboxylic acids is 1. The van der Waals surface area contributed by atoms with Gasteiger partial charge >= 0.3 is 5.97 Å². The first-order valence-electron chi connectivity index (χ1n) is 9.68. The van der Waals surface area contributed by atoms with Crippen LogP contribution in [0.4, 0.5) is 5.69 Å². The molecule has 0 amide bonds. The number of rotatable bonds is 6. The molecule has 1 aromatic carbocycles. The first-order valence-corrected chi connectivity index (χ1v) is 9.68. The molecule has 0 N–H and O–H groups in total. The van der Waals surface area contributed by atoms with Gasteiger partial charge in [-0.1, -0.05) is 6.92 Å². The van der Waals surface area contributed by atoms with Gasteiger partial charge in [-0.2, -0.15) is 0 Å². The molecule has 0 atom stereocenters. The fraction of sp³-hybridized carbons (Fsp3) is 0.571. The van der Waals surface area contributed by atoms with Crippen LogP contribution >= 0.6 is 0 Å². The molecule has 1 aliphatic heterocycles. The fourth-order valence-corrected chi connectivity index (χ4v) is 4.11. The second-order valence-electron chi connectivity index (χ2n) is 7.37. The third kappa shape index (κ3) is 3.20. The lowest BCUT2D eigenvalue weighted by Gasteiger charge is -2.37. The minimum atomic E-state index is -0.284. The standard InChI is InChI=1S/C21H27NO4/c1-3-16-18(12-19-17(8-11-26-19)20(16)21(23)24-2)22(13-14-4-5-14)15-6-9-25-10-7-15/h8,11-12,14-15H,3-7,9-10,13H2,1-2H3. The Labute approximate surface area is 154 Å². The quantitative estimate of drug-likeness (QED) is 0.726. The molecule has 0 spiro atoms. The molecule has 1 aromatic heterocycles. The zero-order valence-electron chi connectivity index (χ0n) is 15.6. The lowest BCUT2D eigenvalue weighted by molar-refractivity contribution is 0.0601. The highest BCUT2D eigenvalue weighted by molar-refractivity contribution is 6.06. The Bertz CT molecular complexity index is 787. The number of ether oxygens (including phenoxy) is 2. The number of fused-ring (bicyclic) bond motifs is 1. The highest BCUT2D eigenvalue weighted by Gasteiger charge is 2.32. The molecule has 4 rings (SSSR count). The largest absolute Gasteiger partial charge is 0.465 e. The van der Waals surface area contributed by atoms with Crippen molar-refractivity contribution in [3.63, 3.8) is 0 Å². The van der Waals surface area contributed by atoms with E-state index >= 15 is 0 Å². The lowest BCUT2D eigenvalue weighted by Crippen LogP contribution is -2.41. The van der Waals surface area contributed by atoms with Gasteiger partial charge in [-0.3, -0.25) is 0 Å². The fourth-order valence-electron chi connectivity index (χ4n) is 4.11. The van der Waals surface area contributed by atoms with Crippen molar-refractivity contribution in [3.8, 4) is 0 Å². The summed E-state index contributed by atoms with van der Waals surface area (Å²) in [4.78, 5) is 15.1. The SMILES string of the molecule is CCc1c(N(CC2CC2)C2CCOCC2)cc2occc2c1C(=O)OC. The third-order valence-electron chi connectivity index (χ3n) is 5.68. The van der Waals surface area contributed by atoms with Gasteiger partial charge in [0, 0.05) is 42.9 Å². The van der Waals surface area contributed by atoms with Gasteiger partial charge in [-0.15, -0.1) is 0 Å². The Kier molecular flexibility index (Phi) is 4.90. The Balaban J connectivity index is 1.84. The number of esters is 1. The van der Waals surface area contributed by atoms with E-state index in [1.807, 2.05) is 6.07 Å². The molecule has 1 saturated carbocycles. The number of nitrogens with zero attached hydrogens (tertiary/aromatic N) is 1. The van der Waals surface area contributed by atoms with Crippen molar-refractivity contribution in [2.75, 3.05) is 31.8 Å². The van der Waals surface area contributed by atoms with Crippen LogP contribution in [0.2, 0.25) is 0 Å². The zero-order chi connectivity index (χ0) is 18.1. The smallest absolute Gasteiger partial charge is 0.338 e. The van der Waals surface area contributed by atoms with Crippen molar-refractivity contribution in [1.82, 2.24) is 0 Å². The van der Waals surface area contributed by atoms with E-state index in [1.54, 1.807) is 6.26 Å². The first kappa shape index (κ1) is 17.4. The molecule has 1 saturated heterocycles. The summed E-state index contributed by atoms with van der Waals surface area (Å²) < 4.78 is 16.4. The van der Waals surface area contributed by atoms with Gasteiger partial charge in [0.2, 0.25) is 0 Å². The van der Waals surface area contributed by atoms with Crippen molar-refractivity contribution < 1.29 is 18.7 Å². The van der Waals surface area contributed by atoms with Crippen LogP contribution in [0.15, 0.2) is 22.8 Å². The first-order chi connectivity index (χ1) is 12.7. The maximum absolute atomic E-state index is 12.6. The molecule has 2 aliphatic rings. The number of carbonyl (C=O) groups is 1. The van der Waals surface area contributed by atoms with E-state index in [1.165, 1.54) is 20.0 Å². The summed E-state index contributed by atoms with van der Waals surface area (Å²) in [7, 11) is 1.45. The number of furan rings is 1. The summed E-state index contributed by atoms with van der Waals surface area (Å²) in [5, 5.41) is 0.843. The van der Waals surface area contributed by atoms with E-state index in [2.05, 4.69) is 17.9 Å². The predicted octanol–water partition coefficient (Wildman–Crippen LogP) is 4.18. The van der Waals surface area contributed by atoms with Crippen molar-refractivity contribution in [1.29, 1.82) is 0 Å². The van der Waals surface area contributed by atoms with E-state index in [0.29, 0.717) is 11.6 Å². The number of anilines is 1. The topological polar surface area (TPSA) is 51.9 Å². The van der Waals surface area contributed by atoms with Gasteiger partial charge in [-0.25, -0.2) is 4.79 Å². The number of methoxy groups -OCH3 is 1. The predicted molar refractivity (Wildman–Crippen MR) is 101 cm³/mol. The molecule has 0 radical (unpaired) electrons. The molecule has 2 aromatic rings. The average Bonchev–Trinajstić information content (AvgIpc) is 3.39. The molecule has 2 heterocycles. The van der Waals surface area contributed by atoms with Crippen molar-refractivity contribution >= 4 is 22.6 Å².